The Morgan fingerprint density at radius 3 is 2.32 bits per heavy atom. The van der Waals surface area contributed by atoms with Crippen LogP contribution in [-0.4, -0.2) is 41.8 Å². The van der Waals surface area contributed by atoms with E-state index in [0.29, 0.717) is 31.5 Å². The molecule has 0 fully saturated rings. The van der Waals surface area contributed by atoms with Gasteiger partial charge >= 0.3 is 6.09 Å². The molecule has 2 rings (SSSR count). The summed E-state index contributed by atoms with van der Waals surface area (Å²) in [6.45, 7) is 11.4. The van der Waals surface area contributed by atoms with Crippen molar-refractivity contribution in [2.24, 2.45) is 4.99 Å². The minimum Gasteiger partial charge on any atom is -0.444 e. The highest BCUT2D eigenvalue weighted by atomic mass is 16.6. The standard InChI is InChI=1S/C23H35N5O3/c1-16(2)20-12-19(31-27-20)14-26-21(24-6)25-13-17-8-10-18(11-9-17)15-28(7)22(29)30-23(3,4)5/h8-12,16H,13-15H2,1-7H3,(H2,24,25,26). The van der Waals surface area contributed by atoms with E-state index in [-0.39, 0.29) is 6.09 Å². The highest BCUT2D eigenvalue weighted by molar-refractivity contribution is 5.79. The number of hydrogen-bond acceptors (Lipinski definition) is 5. The van der Waals surface area contributed by atoms with Gasteiger partial charge < -0.3 is 24.8 Å². The lowest BCUT2D eigenvalue weighted by molar-refractivity contribution is 0.0285. The first-order chi connectivity index (χ1) is 14.6. The summed E-state index contributed by atoms with van der Waals surface area (Å²) in [6.07, 6.45) is -0.333. The molecule has 1 amide bonds. The third kappa shape index (κ3) is 8.32. The fourth-order valence-corrected chi connectivity index (χ4v) is 2.70. The van der Waals surface area contributed by atoms with E-state index in [4.69, 9.17) is 9.26 Å². The predicted octanol–water partition coefficient (Wildman–Crippen LogP) is 4.03. The molecule has 0 aliphatic heterocycles. The Morgan fingerprint density at radius 2 is 1.77 bits per heavy atom. The number of carbonyl (C=O) groups is 1. The summed E-state index contributed by atoms with van der Waals surface area (Å²) in [6, 6.07) is 10.0. The molecule has 0 spiro atoms. The Labute approximate surface area is 185 Å². The zero-order valence-electron chi connectivity index (χ0n) is 19.7. The van der Waals surface area contributed by atoms with E-state index in [0.717, 1.165) is 22.6 Å². The second kappa shape index (κ2) is 10.8. The quantitative estimate of drug-likeness (QED) is 0.510. The Bertz CT molecular complexity index is 866. The van der Waals surface area contributed by atoms with E-state index >= 15 is 0 Å². The van der Waals surface area contributed by atoms with Crippen molar-refractivity contribution < 1.29 is 14.1 Å². The number of nitrogens with one attached hydrogen (secondary N) is 2. The van der Waals surface area contributed by atoms with Crippen LogP contribution in [0.3, 0.4) is 0 Å². The van der Waals surface area contributed by atoms with E-state index in [2.05, 4.69) is 34.6 Å². The van der Waals surface area contributed by atoms with Crippen molar-refractivity contribution in [3.05, 3.63) is 52.9 Å². The number of guanidine groups is 1. The fourth-order valence-electron chi connectivity index (χ4n) is 2.70. The van der Waals surface area contributed by atoms with Gasteiger partial charge in [-0.1, -0.05) is 43.3 Å². The van der Waals surface area contributed by atoms with Crippen LogP contribution in [0.5, 0.6) is 0 Å². The van der Waals surface area contributed by atoms with Crippen LogP contribution in [0.2, 0.25) is 0 Å². The summed E-state index contributed by atoms with van der Waals surface area (Å²) in [5.74, 6) is 1.78. The third-order valence-corrected chi connectivity index (χ3v) is 4.43. The first-order valence-electron chi connectivity index (χ1n) is 10.5. The minimum atomic E-state index is -0.502. The molecule has 1 heterocycles. The van der Waals surface area contributed by atoms with Crippen molar-refractivity contribution in [3.63, 3.8) is 0 Å². The van der Waals surface area contributed by atoms with E-state index in [1.54, 1.807) is 19.0 Å². The molecule has 0 atom stereocenters. The summed E-state index contributed by atoms with van der Waals surface area (Å²) in [5.41, 5.74) is 2.58. The first kappa shape index (κ1) is 24.2. The van der Waals surface area contributed by atoms with Crippen LogP contribution in [-0.2, 0) is 24.4 Å². The van der Waals surface area contributed by atoms with Crippen molar-refractivity contribution >= 4 is 12.1 Å². The molecule has 0 saturated heterocycles. The molecule has 2 N–H and O–H groups in total. The van der Waals surface area contributed by atoms with Gasteiger partial charge in [-0.2, -0.15) is 0 Å². The van der Waals surface area contributed by atoms with Crippen molar-refractivity contribution in [2.45, 2.75) is 65.8 Å². The second-order valence-electron chi connectivity index (χ2n) is 8.81. The molecule has 0 aliphatic carbocycles. The van der Waals surface area contributed by atoms with E-state index < -0.39 is 5.60 Å². The molecular formula is C23H35N5O3. The number of rotatable bonds is 7. The van der Waals surface area contributed by atoms with Crippen molar-refractivity contribution in [1.29, 1.82) is 0 Å². The fraction of sp³-hybridized carbons (Fsp3) is 0.522. The Morgan fingerprint density at radius 1 is 1.16 bits per heavy atom. The van der Waals surface area contributed by atoms with Gasteiger partial charge in [0.05, 0.1) is 12.2 Å². The molecule has 8 heteroatoms. The van der Waals surface area contributed by atoms with Crippen LogP contribution in [0.25, 0.3) is 0 Å². The number of aromatic nitrogens is 1. The van der Waals surface area contributed by atoms with Crippen molar-refractivity contribution in [2.75, 3.05) is 14.1 Å². The molecule has 0 aliphatic rings. The Balaban J connectivity index is 1.81. The molecule has 8 nitrogen and oxygen atoms in total. The largest absolute Gasteiger partial charge is 0.444 e. The molecule has 31 heavy (non-hydrogen) atoms. The van der Waals surface area contributed by atoms with E-state index in [1.165, 1.54) is 0 Å². The van der Waals surface area contributed by atoms with Gasteiger partial charge in [0.25, 0.3) is 0 Å². The van der Waals surface area contributed by atoms with Gasteiger partial charge in [0.2, 0.25) is 0 Å². The molecule has 1 aromatic heterocycles. The number of hydrogen-bond donors (Lipinski definition) is 2. The minimum absolute atomic E-state index is 0.333. The number of ether oxygens (including phenoxy) is 1. The molecule has 0 saturated carbocycles. The van der Waals surface area contributed by atoms with E-state index in [1.807, 2.05) is 51.1 Å². The van der Waals surface area contributed by atoms with Gasteiger partial charge in [-0.15, -0.1) is 0 Å². The van der Waals surface area contributed by atoms with Gasteiger partial charge in [-0.3, -0.25) is 4.99 Å². The maximum atomic E-state index is 12.1. The van der Waals surface area contributed by atoms with Gasteiger partial charge in [0, 0.05) is 33.3 Å². The smallest absolute Gasteiger partial charge is 0.410 e. The maximum Gasteiger partial charge on any atom is 0.410 e. The highest BCUT2D eigenvalue weighted by Crippen LogP contribution is 2.14. The lowest BCUT2D eigenvalue weighted by atomic mass is 10.1. The zero-order chi connectivity index (χ0) is 23.0. The van der Waals surface area contributed by atoms with Gasteiger partial charge in [0.15, 0.2) is 11.7 Å². The Hall–Kier alpha value is -3.03. The topological polar surface area (TPSA) is 92.0 Å². The lowest BCUT2D eigenvalue weighted by Gasteiger charge is -2.24. The van der Waals surface area contributed by atoms with Gasteiger partial charge in [-0.05, 0) is 37.8 Å². The number of nitrogens with zero attached hydrogens (tertiary/aromatic N) is 3. The van der Waals surface area contributed by atoms with Crippen LogP contribution in [0.15, 0.2) is 39.8 Å². The summed E-state index contributed by atoms with van der Waals surface area (Å²) in [5, 5.41) is 10.6. The molecule has 170 valence electrons. The van der Waals surface area contributed by atoms with E-state index in [9.17, 15) is 4.79 Å². The highest BCUT2D eigenvalue weighted by Gasteiger charge is 2.19. The van der Waals surface area contributed by atoms with Crippen LogP contribution >= 0.6 is 0 Å². The van der Waals surface area contributed by atoms with Crippen molar-refractivity contribution in [3.8, 4) is 0 Å². The van der Waals surface area contributed by atoms with Crippen LogP contribution in [0, 0.1) is 0 Å². The summed E-state index contributed by atoms with van der Waals surface area (Å²) in [7, 11) is 3.46. The van der Waals surface area contributed by atoms with Gasteiger partial charge in [-0.25, -0.2) is 4.79 Å². The van der Waals surface area contributed by atoms with Crippen LogP contribution < -0.4 is 10.6 Å². The van der Waals surface area contributed by atoms with Gasteiger partial charge in [0.1, 0.15) is 5.60 Å². The molecule has 0 radical (unpaired) electrons. The normalized spacial score (nSPS) is 12.1. The molecule has 1 aromatic carbocycles. The number of carbonyl (C=O) groups excluding carboxylic acids is 1. The molecule has 0 unspecified atom stereocenters. The Kier molecular flexibility index (Phi) is 8.47. The second-order valence-corrected chi connectivity index (χ2v) is 8.81. The molecular weight excluding hydrogens is 394 g/mol. The average Bonchev–Trinajstić information content (AvgIpc) is 3.17. The summed E-state index contributed by atoms with van der Waals surface area (Å²) < 4.78 is 10.7. The van der Waals surface area contributed by atoms with Crippen LogP contribution in [0.4, 0.5) is 4.79 Å². The average molecular weight is 430 g/mol. The van der Waals surface area contributed by atoms with Crippen molar-refractivity contribution in [1.82, 2.24) is 20.7 Å². The predicted molar refractivity (Wildman–Crippen MR) is 122 cm³/mol. The maximum absolute atomic E-state index is 12.1. The third-order valence-electron chi connectivity index (χ3n) is 4.43. The number of aliphatic imine (C=N–C) groups is 1. The molecule has 2 aromatic rings. The summed E-state index contributed by atoms with van der Waals surface area (Å²) >= 11 is 0. The number of benzene rings is 1. The first-order valence-corrected chi connectivity index (χ1v) is 10.5. The van der Waals surface area contributed by atoms with Crippen LogP contribution in [0.1, 0.15) is 63.1 Å². The SMILES string of the molecule is CN=C(NCc1ccc(CN(C)C(=O)OC(C)(C)C)cc1)NCc1cc(C(C)C)no1. The summed E-state index contributed by atoms with van der Waals surface area (Å²) in [4.78, 5) is 17.9. The lowest BCUT2D eigenvalue weighted by Crippen LogP contribution is -2.36. The monoisotopic (exact) mass is 429 g/mol. The number of amides is 1. The zero-order valence-corrected chi connectivity index (χ0v) is 19.7. The molecule has 0 bridgehead atoms.